The fourth-order valence-corrected chi connectivity index (χ4v) is 2.03. The van der Waals surface area contributed by atoms with Crippen LogP contribution in [-0.4, -0.2) is 17.7 Å². The number of ether oxygens (including phenoxy) is 1. The molecule has 0 aliphatic heterocycles. The molecule has 0 radical (unpaired) electrons. The van der Waals surface area contributed by atoms with Gasteiger partial charge in [0.15, 0.2) is 6.61 Å². The Morgan fingerprint density at radius 3 is 2.42 bits per heavy atom. The van der Waals surface area contributed by atoms with Crippen molar-refractivity contribution in [2.45, 2.75) is 12.8 Å². The average Bonchev–Trinajstić information content (AvgIpc) is 2.45. The lowest BCUT2D eigenvalue weighted by Gasteiger charge is -2.16. The summed E-state index contributed by atoms with van der Waals surface area (Å²) in [5.74, 6) is -0.186. The molecule has 2 aromatic rings. The highest BCUT2D eigenvalue weighted by atomic mass is 16.5. The Kier molecular flexibility index (Phi) is 4.18. The molecule has 2 rings (SSSR count). The van der Waals surface area contributed by atoms with E-state index in [2.05, 4.69) is 19.1 Å². The van der Waals surface area contributed by atoms with E-state index in [1.807, 2.05) is 36.4 Å². The standard InChI is InChI=1S/C16H16O3/c1-12(13-7-3-2-4-8-13)14-9-5-6-10-15(14)19-11-16(17)18/h2-10,12H,11H2,1H3,(H,17,18)/t12-/m1/s1. The van der Waals surface area contributed by atoms with Gasteiger partial charge in [-0.2, -0.15) is 0 Å². The highest BCUT2D eigenvalue weighted by Gasteiger charge is 2.13. The highest BCUT2D eigenvalue weighted by Crippen LogP contribution is 2.31. The molecule has 0 bridgehead atoms. The molecule has 0 unspecified atom stereocenters. The van der Waals surface area contributed by atoms with Crippen molar-refractivity contribution in [2.75, 3.05) is 6.61 Å². The number of carbonyl (C=O) groups is 1. The molecule has 0 heterocycles. The molecule has 3 nitrogen and oxygen atoms in total. The summed E-state index contributed by atoms with van der Waals surface area (Å²) in [7, 11) is 0. The van der Waals surface area contributed by atoms with Crippen LogP contribution in [0.5, 0.6) is 5.75 Å². The van der Waals surface area contributed by atoms with Crippen molar-refractivity contribution < 1.29 is 14.6 Å². The van der Waals surface area contributed by atoms with Crippen molar-refractivity contribution in [2.24, 2.45) is 0 Å². The maximum Gasteiger partial charge on any atom is 0.341 e. The zero-order valence-electron chi connectivity index (χ0n) is 10.7. The van der Waals surface area contributed by atoms with E-state index in [1.54, 1.807) is 6.07 Å². The van der Waals surface area contributed by atoms with E-state index in [-0.39, 0.29) is 12.5 Å². The third kappa shape index (κ3) is 3.35. The molecule has 0 aliphatic rings. The van der Waals surface area contributed by atoms with Crippen LogP contribution in [-0.2, 0) is 4.79 Å². The first-order valence-electron chi connectivity index (χ1n) is 6.17. The fourth-order valence-electron chi connectivity index (χ4n) is 2.03. The third-order valence-electron chi connectivity index (χ3n) is 3.04. The molecule has 19 heavy (non-hydrogen) atoms. The summed E-state index contributed by atoms with van der Waals surface area (Å²) in [6, 6.07) is 17.6. The minimum atomic E-state index is -0.970. The Bertz CT molecular complexity index is 549. The van der Waals surface area contributed by atoms with Gasteiger partial charge in [0.25, 0.3) is 0 Å². The number of hydrogen-bond donors (Lipinski definition) is 1. The topological polar surface area (TPSA) is 46.5 Å². The maximum atomic E-state index is 10.6. The molecule has 98 valence electrons. The van der Waals surface area contributed by atoms with E-state index in [0.717, 1.165) is 5.56 Å². The van der Waals surface area contributed by atoms with Crippen LogP contribution < -0.4 is 4.74 Å². The minimum Gasteiger partial charge on any atom is -0.482 e. The van der Waals surface area contributed by atoms with Crippen LogP contribution in [0, 0.1) is 0 Å². The van der Waals surface area contributed by atoms with E-state index in [9.17, 15) is 4.79 Å². The van der Waals surface area contributed by atoms with Gasteiger partial charge in [0.05, 0.1) is 0 Å². The van der Waals surface area contributed by atoms with Crippen molar-refractivity contribution in [1.29, 1.82) is 0 Å². The lowest BCUT2D eigenvalue weighted by atomic mass is 9.92. The summed E-state index contributed by atoms with van der Waals surface area (Å²) >= 11 is 0. The molecule has 0 aliphatic carbocycles. The minimum absolute atomic E-state index is 0.159. The zero-order chi connectivity index (χ0) is 13.7. The largest absolute Gasteiger partial charge is 0.482 e. The molecular formula is C16H16O3. The molecule has 0 saturated heterocycles. The van der Waals surface area contributed by atoms with E-state index >= 15 is 0 Å². The number of hydrogen-bond acceptors (Lipinski definition) is 2. The Balaban J connectivity index is 2.26. The third-order valence-corrected chi connectivity index (χ3v) is 3.04. The van der Waals surface area contributed by atoms with Crippen molar-refractivity contribution >= 4 is 5.97 Å². The summed E-state index contributed by atoms with van der Waals surface area (Å²) < 4.78 is 5.34. The predicted molar refractivity (Wildman–Crippen MR) is 73.5 cm³/mol. The Labute approximate surface area is 112 Å². The highest BCUT2D eigenvalue weighted by molar-refractivity contribution is 5.68. The molecule has 2 aromatic carbocycles. The molecule has 0 aromatic heterocycles. The molecule has 1 atom stereocenters. The summed E-state index contributed by atoms with van der Waals surface area (Å²) in [5.41, 5.74) is 2.17. The second kappa shape index (κ2) is 6.05. The van der Waals surface area contributed by atoms with E-state index in [4.69, 9.17) is 9.84 Å². The molecular weight excluding hydrogens is 240 g/mol. The van der Waals surface area contributed by atoms with Gasteiger partial charge in [-0.25, -0.2) is 4.79 Å². The molecule has 0 amide bonds. The number of aliphatic carboxylic acids is 1. The summed E-state index contributed by atoms with van der Waals surface area (Å²) in [6.45, 7) is 1.76. The molecule has 3 heteroatoms. The van der Waals surface area contributed by atoms with Crippen LogP contribution in [0.4, 0.5) is 0 Å². The predicted octanol–water partition coefficient (Wildman–Crippen LogP) is 3.30. The summed E-state index contributed by atoms with van der Waals surface area (Å²) in [4.78, 5) is 10.6. The van der Waals surface area contributed by atoms with Gasteiger partial charge >= 0.3 is 5.97 Å². The Hall–Kier alpha value is -2.29. The van der Waals surface area contributed by atoms with Gasteiger partial charge in [-0.15, -0.1) is 0 Å². The normalized spacial score (nSPS) is 11.8. The Morgan fingerprint density at radius 2 is 1.74 bits per heavy atom. The van der Waals surface area contributed by atoms with Gasteiger partial charge in [0.1, 0.15) is 5.75 Å². The first-order chi connectivity index (χ1) is 9.18. The summed E-state index contributed by atoms with van der Waals surface area (Å²) in [5, 5.41) is 8.70. The average molecular weight is 256 g/mol. The number of benzene rings is 2. The second-order valence-corrected chi connectivity index (χ2v) is 4.35. The van der Waals surface area contributed by atoms with Gasteiger partial charge in [0, 0.05) is 11.5 Å². The van der Waals surface area contributed by atoms with Gasteiger partial charge in [-0.3, -0.25) is 0 Å². The van der Waals surface area contributed by atoms with Crippen molar-refractivity contribution in [3.63, 3.8) is 0 Å². The number of rotatable bonds is 5. The van der Waals surface area contributed by atoms with Gasteiger partial charge < -0.3 is 9.84 Å². The second-order valence-electron chi connectivity index (χ2n) is 4.35. The van der Waals surface area contributed by atoms with E-state index in [0.29, 0.717) is 5.75 Å². The van der Waals surface area contributed by atoms with Crippen LogP contribution in [0.25, 0.3) is 0 Å². The Morgan fingerprint density at radius 1 is 1.11 bits per heavy atom. The monoisotopic (exact) mass is 256 g/mol. The van der Waals surface area contributed by atoms with Gasteiger partial charge in [-0.1, -0.05) is 55.5 Å². The van der Waals surface area contributed by atoms with Gasteiger partial charge in [-0.05, 0) is 11.6 Å². The molecule has 0 spiro atoms. The van der Waals surface area contributed by atoms with Crippen LogP contribution in [0.3, 0.4) is 0 Å². The van der Waals surface area contributed by atoms with Crippen molar-refractivity contribution in [1.82, 2.24) is 0 Å². The smallest absolute Gasteiger partial charge is 0.341 e. The first-order valence-corrected chi connectivity index (χ1v) is 6.17. The number of para-hydroxylation sites is 1. The number of carboxylic acid groups (broad SMARTS) is 1. The fraction of sp³-hybridized carbons (Fsp3) is 0.188. The number of carboxylic acids is 1. The molecule has 1 N–H and O–H groups in total. The quantitative estimate of drug-likeness (QED) is 0.892. The zero-order valence-corrected chi connectivity index (χ0v) is 10.7. The van der Waals surface area contributed by atoms with Crippen LogP contribution in [0.1, 0.15) is 24.0 Å². The first kappa shape index (κ1) is 13.1. The van der Waals surface area contributed by atoms with Crippen molar-refractivity contribution in [3.05, 3.63) is 65.7 Å². The summed E-state index contributed by atoms with van der Waals surface area (Å²) in [6.07, 6.45) is 0. The van der Waals surface area contributed by atoms with Crippen LogP contribution >= 0.6 is 0 Å². The van der Waals surface area contributed by atoms with E-state index < -0.39 is 5.97 Å². The molecule has 0 fully saturated rings. The van der Waals surface area contributed by atoms with Gasteiger partial charge in [0.2, 0.25) is 0 Å². The molecule has 0 saturated carbocycles. The lowest BCUT2D eigenvalue weighted by Crippen LogP contribution is -2.11. The van der Waals surface area contributed by atoms with Crippen molar-refractivity contribution in [3.8, 4) is 5.75 Å². The van der Waals surface area contributed by atoms with E-state index in [1.165, 1.54) is 5.56 Å². The lowest BCUT2D eigenvalue weighted by molar-refractivity contribution is -0.139. The van der Waals surface area contributed by atoms with Crippen LogP contribution in [0.15, 0.2) is 54.6 Å². The SMILES string of the molecule is C[C@H](c1ccccc1)c1ccccc1OCC(=O)O. The maximum absolute atomic E-state index is 10.6. The van der Waals surface area contributed by atoms with Crippen LogP contribution in [0.2, 0.25) is 0 Å².